The monoisotopic (exact) mass is 365 g/mol. The fraction of sp³-hybridized carbons (Fsp3) is 0.286. The predicted octanol–water partition coefficient (Wildman–Crippen LogP) is 4.37. The molecule has 0 fully saturated rings. The van der Waals surface area contributed by atoms with Crippen LogP contribution in [0, 0.1) is 0 Å². The number of nitrogens with two attached hydrogens (primary N) is 1. The average molecular weight is 366 g/mol. The number of quaternary nitrogens is 1. The third kappa shape index (κ3) is 3.26. The van der Waals surface area contributed by atoms with E-state index in [0.717, 1.165) is 41.7 Å². The molecular formula is C21H25N4S+. The summed E-state index contributed by atoms with van der Waals surface area (Å²) < 4.78 is 3.49. The number of rotatable bonds is 6. The Hall–Kier alpha value is -2.21. The number of fused-ring (bicyclic) bond motifs is 3. The summed E-state index contributed by atoms with van der Waals surface area (Å²) in [5.41, 5.74) is 10.4. The summed E-state index contributed by atoms with van der Waals surface area (Å²) in [6.45, 7) is 2.87. The first-order chi connectivity index (χ1) is 12.6. The number of aromatic amines is 1. The first-order valence-corrected chi connectivity index (χ1v) is 9.86. The molecule has 0 saturated carbocycles. The van der Waals surface area contributed by atoms with Gasteiger partial charge in [-0.1, -0.05) is 42.5 Å². The maximum absolute atomic E-state index is 5.66. The maximum atomic E-state index is 5.66. The standard InChI is InChI=1S/C21H25N4S/c1-25(2,13-5-12-22)14-15-8-10-16(11-9-15)19-21-20(24-23-19)17-6-3-4-7-18(17)26-21/h3-4,6-11H,5,12-14,22H2,1-2H3,(H,23,24)/q+1. The minimum absolute atomic E-state index is 0.755. The molecule has 4 nitrogen and oxygen atoms in total. The van der Waals surface area contributed by atoms with Crippen molar-refractivity contribution in [3.05, 3.63) is 54.1 Å². The van der Waals surface area contributed by atoms with Crippen LogP contribution >= 0.6 is 11.3 Å². The molecule has 0 aliphatic heterocycles. The molecule has 0 aliphatic rings. The van der Waals surface area contributed by atoms with Gasteiger partial charge in [-0.25, -0.2) is 0 Å². The molecular weight excluding hydrogens is 340 g/mol. The summed E-state index contributed by atoms with van der Waals surface area (Å²) in [5.74, 6) is 0. The van der Waals surface area contributed by atoms with Crippen molar-refractivity contribution >= 4 is 31.6 Å². The lowest BCUT2D eigenvalue weighted by Crippen LogP contribution is -2.40. The van der Waals surface area contributed by atoms with Crippen molar-refractivity contribution in [2.24, 2.45) is 5.73 Å². The van der Waals surface area contributed by atoms with Crippen LogP contribution in [0.25, 0.3) is 31.6 Å². The molecule has 0 spiro atoms. The van der Waals surface area contributed by atoms with Gasteiger partial charge in [0.15, 0.2) is 0 Å². The van der Waals surface area contributed by atoms with Crippen molar-refractivity contribution in [1.82, 2.24) is 10.2 Å². The minimum Gasteiger partial charge on any atom is -0.330 e. The van der Waals surface area contributed by atoms with Crippen molar-refractivity contribution in [3.8, 4) is 11.3 Å². The topological polar surface area (TPSA) is 54.7 Å². The first kappa shape index (κ1) is 17.2. The van der Waals surface area contributed by atoms with Gasteiger partial charge in [-0.05, 0) is 12.6 Å². The van der Waals surface area contributed by atoms with Crippen LogP contribution in [0.5, 0.6) is 0 Å². The largest absolute Gasteiger partial charge is 0.330 e. The van der Waals surface area contributed by atoms with Crippen LogP contribution in [-0.2, 0) is 6.54 Å². The fourth-order valence-corrected chi connectivity index (χ4v) is 4.71. The zero-order valence-corrected chi connectivity index (χ0v) is 16.1. The van der Waals surface area contributed by atoms with Crippen LogP contribution < -0.4 is 5.73 Å². The van der Waals surface area contributed by atoms with Crippen molar-refractivity contribution in [2.75, 3.05) is 27.2 Å². The van der Waals surface area contributed by atoms with Gasteiger partial charge >= 0.3 is 0 Å². The molecule has 0 atom stereocenters. The normalized spacial score (nSPS) is 12.3. The van der Waals surface area contributed by atoms with Crippen molar-refractivity contribution in [3.63, 3.8) is 0 Å². The van der Waals surface area contributed by atoms with E-state index in [2.05, 4.69) is 72.8 Å². The lowest BCUT2D eigenvalue weighted by Gasteiger charge is -2.29. The second kappa shape index (κ2) is 6.83. The van der Waals surface area contributed by atoms with Crippen molar-refractivity contribution < 1.29 is 4.48 Å². The van der Waals surface area contributed by atoms with Gasteiger partial charge in [-0.15, -0.1) is 11.3 Å². The van der Waals surface area contributed by atoms with Crippen molar-refractivity contribution in [2.45, 2.75) is 13.0 Å². The van der Waals surface area contributed by atoms with Gasteiger partial charge in [0, 0.05) is 27.6 Å². The molecule has 0 saturated heterocycles. The smallest absolute Gasteiger partial charge is 0.110 e. The highest BCUT2D eigenvalue weighted by Gasteiger charge is 2.17. The SMILES string of the molecule is C[N+](C)(CCCN)Cc1ccc(-c2n[nH]c3c2sc2ccccc23)cc1. The molecule has 4 aromatic rings. The Balaban J connectivity index is 1.62. The molecule has 5 heteroatoms. The Kier molecular flexibility index (Phi) is 4.53. The molecule has 0 unspecified atom stereocenters. The first-order valence-electron chi connectivity index (χ1n) is 9.04. The van der Waals surface area contributed by atoms with Crippen molar-refractivity contribution in [1.29, 1.82) is 0 Å². The maximum Gasteiger partial charge on any atom is 0.110 e. The van der Waals surface area contributed by atoms with E-state index in [1.54, 1.807) is 11.3 Å². The van der Waals surface area contributed by atoms with Gasteiger partial charge in [0.05, 0.1) is 30.9 Å². The van der Waals surface area contributed by atoms with Gasteiger partial charge in [0.2, 0.25) is 0 Å². The van der Waals surface area contributed by atoms with Crippen LogP contribution in [0.3, 0.4) is 0 Å². The van der Waals surface area contributed by atoms with Gasteiger partial charge < -0.3 is 10.2 Å². The minimum atomic E-state index is 0.755. The number of hydrogen-bond acceptors (Lipinski definition) is 3. The molecule has 4 rings (SSSR count). The quantitative estimate of drug-likeness (QED) is 0.499. The Morgan fingerprint density at radius 1 is 1.08 bits per heavy atom. The fourth-order valence-electron chi connectivity index (χ4n) is 3.54. The third-order valence-electron chi connectivity index (χ3n) is 4.90. The summed E-state index contributed by atoms with van der Waals surface area (Å²) in [4.78, 5) is 0. The van der Waals surface area contributed by atoms with Crippen LogP contribution in [0.1, 0.15) is 12.0 Å². The molecule has 3 N–H and O–H groups in total. The predicted molar refractivity (Wildman–Crippen MR) is 111 cm³/mol. The highest BCUT2D eigenvalue weighted by atomic mass is 32.1. The number of H-pyrrole nitrogens is 1. The number of benzene rings is 2. The van der Waals surface area contributed by atoms with E-state index in [1.807, 2.05) is 0 Å². The molecule has 134 valence electrons. The van der Waals surface area contributed by atoms with Gasteiger partial charge in [0.25, 0.3) is 0 Å². The highest BCUT2D eigenvalue weighted by molar-refractivity contribution is 7.26. The van der Waals surface area contributed by atoms with E-state index in [1.165, 1.54) is 25.9 Å². The van der Waals surface area contributed by atoms with E-state index in [0.29, 0.717) is 0 Å². The second-order valence-electron chi connectivity index (χ2n) is 7.53. The zero-order chi connectivity index (χ0) is 18.1. The number of nitrogens with one attached hydrogen (secondary N) is 1. The number of thiophene rings is 1. The van der Waals surface area contributed by atoms with Crippen LogP contribution in [0.15, 0.2) is 48.5 Å². The van der Waals surface area contributed by atoms with Gasteiger partial charge in [0.1, 0.15) is 12.2 Å². The third-order valence-corrected chi connectivity index (χ3v) is 6.07. The van der Waals surface area contributed by atoms with E-state index in [-0.39, 0.29) is 0 Å². The molecule has 0 bridgehead atoms. The number of nitrogens with zero attached hydrogens (tertiary/aromatic N) is 2. The Morgan fingerprint density at radius 3 is 2.62 bits per heavy atom. The van der Waals surface area contributed by atoms with Crippen LogP contribution in [0.4, 0.5) is 0 Å². The van der Waals surface area contributed by atoms with E-state index in [4.69, 9.17) is 5.73 Å². The van der Waals surface area contributed by atoms with Gasteiger partial charge in [-0.2, -0.15) is 5.10 Å². The molecule has 0 aliphatic carbocycles. The summed E-state index contributed by atoms with van der Waals surface area (Å²) >= 11 is 1.80. The summed E-state index contributed by atoms with van der Waals surface area (Å²) in [5, 5.41) is 9.07. The van der Waals surface area contributed by atoms with E-state index >= 15 is 0 Å². The number of hydrogen-bond donors (Lipinski definition) is 2. The summed E-state index contributed by atoms with van der Waals surface area (Å²) in [6, 6.07) is 17.3. The lowest BCUT2D eigenvalue weighted by molar-refractivity contribution is -0.903. The summed E-state index contributed by atoms with van der Waals surface area (Å²) in [7, 11) is 4.52. The number of aromatic nitrogens is 2. The van der Waals surface area contributed by atoms with Gasteiger partial charge in [-0.3, -0.25) is 5.10 Å². The van der Waals surface area contributed by atoms with Crippen LogP contribution in [-0.4, -0.2) is 41.9 Å². The van der Waals surface area contributed by atoms with E-state index in [9.17, 15) is 0 Å². The molecule has 2 heterocycles. The lowest BCUT2D eigenvalue weighted by atomic mass is 10.1. The molecule has 26 heavy (non-hydrogen) atoms. The Bertz CT molecular complexity index is 1030. The average Bonchev–Trinajstić information content (AvgIpc) is 3.20. The molecule has 0 radical (unpaired) electrons. The molecule has 2 aromatic heterocycles. The van der Waals surface area contributed by atoms with E-state index < -0.39 is 0 Å². The zero-order valence-electron chi connectivity index (χ0n) is 15.3. The second-order valence-corrected chi connectivity index (χ2v) is 8.58. The summed E-state index contributed by atoms with van der Waals surface area (Å²) in [6.07, 6.45) is 1.06. The Labute approximate surface area is 157 Å². The molecule has 2 aromatic carbocycles. The van der Waals surface area contributed by atoms with Crippen LogP contribution in [0.2, 0.25) is 0 Å². The Morgan fingerprint density at radius 2 is 1.85 bits per heavy atom. The molecule has 0 amide bonds. The highest BCUT2D eigenvalue weighted by Crippen LogP contribution is 2.38.